The minimum absolute atomic E-state index is 0. The van der Waals surface area contributed by atoms with Crippen LogP contribution in [0.15, 0.2) is 55.8 Å². The molecular weight excluding hydrogens is 729 g/mol. The molecule has 3 aromatic heterocycles. The van der Waals surface area contributed by atoms with Crippen LogP contribution in [0.1, 0.15) is 49.0 Å². The second-order valence-corrected chi connectivity index (χ2v) is 13.1. The number of β-amino-alcohol motifs (C(OH)–C–C–N with tert-alkyl or cyclic N) is 1. The number of carbonyl (C=O) groups is 2. The molecule has 0 spiro atoms. The average Bonchev–Trinajstić information content (AvgIpc) is 2.96. The summed E-state index contributed by atoms with van der Waals surface area (Å²) in [6.45, 7) is 14.7. The summed E-state index contributed by atoms with van der Waals surface area (Å²) in [5, 5.41) is 12.5. The zero-order chi connectivity index (χ0) is 35.2. The van der Waals surface area contributed by atoms with E-state index in [9.17, 15) is 9.59 Å². The van der Waals surface area contributed by atoms with Gasteiger partial charge in [-0.3, -0.25) is 15.0 Å². The molecule has 2 N–H and O–H groups in total. The van der Waals surface area contributed by atoms with Crippen molar-refractivity contribution in [1.82, 2.24) is 45.0 Å². The molecule has 3 aliphatic heterocycles. The van der Waals surface area contributed by atoms with Crippen LogP contribution in [0.5, 0.6) is 11.8 Å². The van der Waals surface area contributed by atoms with Crippen LogP contribution in [0, 0.1) is 0 Å². The number of likely N-dealkylation sites (tertiary alicyclic amines) is 2. The van der Waals surface area contributed by atoms with E-state index in [1.165, 1.54) is 11.1 Å². The van der Waals surface area contributed by atoms with E-state index in [1.54, 1.807) is 54.5 Å². The van der Waals surface area contributed by atoms with Gasteiger partial charge in [-0.25, -0.2) is 24.5 Å². The number of rotatable bonds is 4. The summed E-state index contributed by atoms with van der Waals surface area (Å²) in [6, 6.07) is 0. The molecule has 6 heterocycles. The lowest BCUT2D eigenvalue weighted by Crippen LogP contribution is -2.57. The van der Waals surface area contributed by atoms with Crippen molar-refractivity contribution < 1.29 is 33.6 Å². The van der Waals surface area contributed by atoms with Crippen LogP contribution >= 0.6 is 36.4 Å². The monoisotopic (exact) mass is 777 g/mol. The highest BCUT2D eigenvalue weighted by Gasteiger charge is 2.35. The predicted octanol–water partition coefficient (Wildman–Crippen LogP) is 4.51. The van der Waals surface area contributed by atoms with Gasteiger partial charge in [-0.2, -0.15) is 0 Å². The predicted molar refractivity (Wildman–Crippen MR) is 196 cm³/mol. The Hall–Kier alpha value is -3.83. The van der Waals surface area contributed by atoms with Crippen LogP contribution in [-0.4, -0.2) is 126 Å². The van der Waals surface area contributed by atoms with Crippen molar-refractivity contribution in [1.29, 1.82) is 0 Å². The van der Waals surface area contributed by atoms with Crippen molar-refractivity contribution in [3.05, 3.63) is 60.9 Å². The van der Waals surface area contributed by atoms with Gasteiger partial charge in [0.2, 0.25) is 11.8 Å². The van der Waals surface area contributed by atoms with Crippen LogP contribution in [0.25, 0.3) is 0 Å². The zero-order valence-electron chi connectivity index (χ0n) is 28.8. The molecule has 2 amide bonds. The molecule has 0 aromatic carbocycles. The molecular formula is C32H50Cl3N9O7. The molecule has 286 valence electrons. The molecule has 19 heteroatoms. The number of amides is 2. The quantitative estimate of drug-likeness (QED) is 0.377. The van der Waals surface area contributed by atoms with Crippen LogP contribution in [0.2, 0.25) is 5.15 Å². The standard InChI is InChI=1S/C12H17N3O3.C8H15NO3.C7H9N3O.C4H3ClN2.CH4.2ClH/c1-12(2,3)18-11(16)15-7-9(8-15)17-10-6-13-4-5-14-10;1-8(2,3)12-7(11)9-4-6(10)5-9;1-2-10-7(5-8-1)11-6-3-9-4-6;5-4-3-6-1-2-7-4;;;/h4-6,9H,7-8H2,1-3H3;6,10H,4-5H2,1-3H3;1-2,5-6,9H,3-4H2;1-3H;1H4;2*1H. The lowest BCUT2D eigenvalue weighted by molar-refractivity contribution is -0.0303. The summed E-state index contributed by atoms with van der Waals surface area (Å²) in [5.41, 5.74) is -0.911. The number of aliphatic hydroxyl groups excluding tert-OH is 1. The molecule has 0 saturated carbocycles. The van der Waals surface area contributed by atoms with Crippen molar-refractivity contribution in [2.24, 2.45) is 0 Å². The molecule has 0 atom stereocenters. The number of aromatic nitrogens is 6. The Balaban J connectivity index is 0.000000671. The smallest absolute Gasteiger partial charge is 0.410 e. The number of nitrogens with zero attached hydrogens (tertiary/aromatic N) is 8. The number of nitrogens with one attached hydrogen (secondary N) is 1. The molecule has 16 nitrogen and oxygen atoms in total. The highest BCUT2D eigenvalue weighted by Crippen LogP contribution is 2.18. The Kier molecular flexibility index (Phi) is 21.2. The Labute approximate surface area is 316 Å². The van der Waals surface area contributed by atoms with Crippen molar-refractivity contribution in [2.45, 2.75) is 78.5 Å². The first-order chi connectivity index (χ1) is 22.7. The summed E-state index contributed by atoms with van der Waals surface area (Å²) >= 11 is 5.37. The van der Waals surface area contributed by atoms with E-state index >= 15 is 0 Å². The SMILES string of the molecule is C.CC(C)(C)OC(=O)N1CC(O)C1.CC(C)(C)OC(=O)N1CC(Oc2cnccn2)C1.Cl.Cl.Clc1cnccn1.c1cnc(OC2CNC2)cn1. The molecule has 3 fully saturated rings. The largest absolute Gasteiger partial charge is 0.471 e. The van der Waals surface area contributed by atoms with Crippen LogP contribution in [0.4, 0.5) is 9.59 Å². The minimum Gasteiger partial charge on any atom is -0.471 e. The van der Waals surface area contributed by atoms with Gasteiger partial charge in [0.15, 0.2) is 0 Å². The maximum absolute atomic E-state index is 11.7. The van der Waals surface area contributed by atoms with Crippen LogP contribution in [-0.2, 0) is 9.47 Å². The lowest BCUT2D eigenvalue weighted by atomic mass is 10.2. The third-order valence-electron chi connectivity index (χ3n) is 5.94. The van der Waals surface area contributed by atoms with Gasteiger partial charge in [0.05, 0.1) is 50.9 Å². The summed E-state index contributed by atoms with van der Waals surface area (Å²) < 4.78 is 21.3. The fourth-order valence-electron chi connectivity index (χ4n) is 3.58. The van der Waals surface area contributed by atoms with Gasteiger partial charge in [0, 0.05) is 50.3 Å². The highest BCUT2D eigenvalue weighted by atomic mass is 35.5. The van der Waals surface area contributed by atoms with Crippen molar-refractivity contribution in [3.8, 4) is 11.8 Å². The van der Waals surface area contributed by atoms with E-state index < -0.39 is 11.2 Å². The topological polar surface area (TPSA) is 187 Å². The number of hydrogen-bond acceptors (Lipinski definition) is 14. The highest BCUT2D eigenvalue weighted by molar-refractivity contribution is 6.29. The molecule has 3 saturated heterocycles. The summed E-state index contributed by atoms with van der Waals surface area (Å²) in [4.78, 5) is 49.1. The van der Waals surface area contributed by atoms with Crippen molar-refractivity contribution in [3.63, 3.8) is 0 Å². The van der Waals surface area contributed by atoms with Gasteiger partial charge >= 0.3 is 12.2 Å². The number of halogens is 3. The third-order valence-corrected chi connectivity index (χ3v) is 6.14. The maximum Gasteiger partial charge on any atom is 0.410 e. The Morgan fingerprint density at radius 1 is 0.706 bits per heavy atom. The first-order valence-corrected chi connectivity index (χ1v) is 15.7. The first-order valence-electron chi connectivity index (χ1n) is 15.3. The number of aliphatic hydroxyl groups is 1. The van der Waals surface area contributed by atoms with E-state index in [0.717, 1.165) is 13.1 Å². The van der Waals surface area contributed by atoms with Gasteiger partial charge in [-0.05, 0) is 41.5 Å². The molecule has 6 rings (SSSR count). The molecule has 3 aliphatic rings. The lowest BCUT2D eigenvalue weighted by Gasteiger charge is -2.39. The minimum atomic E-state index is -0.464. The van der Waals surface area contributed by atoms with E-state index in [0.29, 0.717) is 43.1 Å². The van der Waals surface area contributed by atoms with Gasteiger partial charge in [-0.1, -0.05) is 19.0 Å². The fourth-order valence-corrected chi connectivity index (χ4v) is 3.69. The molecule has 51 heavy (non-hydrogen) atoms. The van der Waals surface area contributed by atoms with E-state index in [4.69, 9.17) is 35.7 Å². The molecule has 0 radical (unpaired) electrons. The van der Waals surface area contributed by atoms with E-state index in [1.807, 2.05) is 41.5 Å². The first kappa shape index (κ1) is 47.2. The molecule has 0 aliphatic carbocycles. The molecule has 3 aromatic rings. The third kappa shape index (κ3) is 19.4. The Bertz CT molecular complexity index is 1380. The summed E-state index contributed by atoms with van der Waals surface area (Å²) in [7, 11) is 0. The normalized spacial score (nSPS) is 15.1. The number of hydrogen-bond donors (Lipinski definition) is 2. The summed E-state index contributed by atoms with van der Waals surface area (Å²) in [6.07, 6.45) is 13.4. The second-order valence-electron chi connectivity index (χ2n) is 12.7. The number of carbonyl (C=O) groups excluding carboxylic acids is 2. The fraction of sp³-hybridized carbons (Fsp3) is 0.562. The number of ether oxygens (including phenoxy) is 4. The molecule has 0 bridgehead atoms. The van der Waals surface area contributed by atoms with Crippen LogP contribution < -0.4 is 14.8 Å². The molecule has 0 unspecified atom stereocenters. The zero-order valence-corrected chi connectivity index (χ0v) is 31.2. The Morgan fingerprint density at radius 3 is 1.41 bits per heavy atom. The van der Waals surface area contributed by atoms with Gasteiger partial charge in [-0.15, -0.1) is 24.8 Å². The van der Waals surface area contributed by atoms with Gasteiger partial charge < -0.3 is 39.2 Å². The Morgan fingerprint density at radius 2 is 1.12 bits per heavy atom. The van der Waals surface area contributed by atoms with E-state index in [2.05, 4.69) is 35.2 Å². The summed E-state index contributed by atoms with van der Waals surface area (Å²) in [5.74, 6) is 1.09. The maximum atomic E-state index is 11.7. The second kappa shape index (κ2) is 22.9. The van der Waals surface area contributed by atoms with Gasteiger partial charge in [0.25, 0.3) is 0 Å². The van der Waals surface area contributed by atoms with Gasteiger partial charge in [0.1, 0.15) is 28.6 Å². The van der Waals surface area contributed by atoms with Crippen LogP contribution in [0.3, 0.4) is 0 Å². The van der Waals surface area contributed by atoms with Crippen molar-refractivity contribution in [2.75, 3.05) is 39.3 Å². The van der Waals surface area contributed by atoms with Crippen molar-refractivity contribution >= 4 is 48.6 Å². The van der Waals surface area contributed by atoms with E-state index in [-0.39, 0.29) is 62.7 Å². The average molecular weight is 779 g/mol.